The fraction of sp³-hybridized carbons (Fsp3) is 0.125. The van der Waals surface area contributed by atoms with Crippen LogP contribution in [0.5, 0.6) is 0 Å². The number of aryl methyl sites for hydroxylation is 1. The number of hydrogen-bond acceptors (Lipinski definition) is 5. The number of nitrogens with zero attached hydrogens (tertiary/aromatic N) is 2. The molecule has 0 unspecified atom stereocenters. The first-order valence-corrected chi connectivity index (χ1v) is 9.60. The SMILES string of the molecule is Cc1sc(-c2ccccn2)nc1-c1ccc(NS(C)(=O)=O)cc1. The van der Waals surface area contributed by atoms with Crippen molar-refractivity contribution >= 4 is 27.0 Å². The Hall–Kier alpha value is -2.25. The van der Waals surface area contributed by atoms with Gasteiger partial charge in [0.05, 0.1) is 17.6 Å². The minimum Gasteiger partial charge on any atom is -0.284 e. The molecule has 2 aromatic heterocycles. The molecule has 3 aromatic rings. The number of pyridine rings is 1. The molecule has 1 N–H and O–H groups in total. The van der Waals surface area contributed by atoms with Crippen molar-refractivity contribution in [1.29, 1.82) is 0 Å². The largest absolute Gasteiger partial charge is 0.284 e. The highest BCUT2D eigenvalue weighted by atomic mass is 32.2. The summed E-state index contributed by atoms with van der Waals surface area (Å²) in [4.78, 5) is 10.1. The van der Waals surface area contributed by atoms with Crippen molar-refractivity contribution in [3.63, 3.8) is 0 Å². The van der Waals surface area contributed by atoms with Crippen LogP contribution >= 0.6 is 11.3 Å². The number of aromatic nitrogens is 2. The lowest BCUT2D eigenvalue weighted by Gasteiger charge is -2.04. The highest BCUT2D eigenvalue weighted by Gasteiger charge is 2.12. The number of nitrogens with one attached hydrogen (secondary N) is 1. The zero-order chi connectivity index (χ0) is 16.4. The summed E-state index contributed by atoms with van der Waals surface area (Å²) in [6, 6.07) is 12.9. The Morgan fingerprint density at radius 2 is 1.83 bits per heavy atom. The van der Waals surface area contributed by atoms with E-state index in [0.29, 0.717) is 5.69 Å². The van der Waals surface area contributed by atoms with Crippen molar-refractivity contribution in [3.05, 3.63) is 53.5 Å². The third-order valence-electron chi connectivity index (χ3n) is 3.14. The first-order chi connectivity index (χ1) is 10.9. The topological polar surface area (TPSA) is 72.0 Å². The van der Waals surface area contributed by atoms with E-state index in [1.54, 1.807) is 29.7 Å². The minimum absolute atomic E-state index is 0.536. The van der Waals surface area contributed by atoms with Crippen LogP contribution in [0.4, 0.5) is 5.69 Å². The second-order valence-electron chi connectivity index (χ2n) is 5.09. The van der Waals surface area contributed by atoms with Gasteiger partial charge in [-0.1, -0.05) is 18.2 Å². The van der Waals surface area contributed by atoms with Gasteiger partial charge < -0.3 is 0 Å². The lowest BCUT2D eigenvalue weighted by atomic mass is 10.1. The lowest BCUT2D eigenvalue weighted by molar-refractivity contribution is 0.607. The standard InChI is InChI=1S/C16H15N3O2S2/c1-11-15(18-16(22-11)14-5-3-4-10-17-14)12-6-8-13(9-7-12)19-23(2,20)21/h3-10,19H,1-2H3. The summed E-state index contributed by atoms with van der Waals surface area (Å²) >= 11 is 1.59. The van der Waals surface area contributed by atoms with Crippen LogP contribution in [0, 0.1) is 6.92 Å². The van der Waals surface area contributed by atoms with E-state index in [0.717, 1.165) is 33.1 Å². The van der Waals surface area contributed by atoms with Gasteiger partial charge in [0.15, 0.2) is 0 Å². The molecule has 3 rings (SSSR count). The molecule has 0 radical (unpaired) electrons. The summed E-state index contributed by atoms with van der Waals surface area (Å²) in [6.07, 6.45) is 2.88. The van der Waals surface area contributed by atoms with Crippen LogP contribution in [0.3, 0.4) is 0 Å². The van der Waals surface area contributed by atoms with Gasteiger partial charge in [-0.3, -0.25) is 9.71 Å². The molecule has 0 spiro atoms. The van der Waals surface area contributed by atoms with Crippen LogP contribution in [0.25, 0.3) is 22.0 Å². The van der Waals surface area contributed by atoms with E-state index < -0.39 is 10.0 Å². The molecule has 0 atom stereocenters. The minimum atomic E-state index is -3.27. The van der Waals surface area contributed by atoms with E-state index in [9.17, 15) is 8.42 Å². The lowest BCUT2D eigenvalue weighted by Crippen LogP contribution is -2.09. The molecule has 0 bridgehead atoms. The van der Waals surface area contributed by atoms with E-state index in [1.807, 2.05) is 37.3 Å². The average molecular weight is 345 g/mol. The maximum absolute atomic E-state index is 11.2. The van der Waals surface area contributed by atoms with Gasteiger partial charge in [-0.2, -0.15) is 0 Å². The highest BCUT2D eigenvalue weighted by molar-refractivity contribution is 7.92. The number of benzene rings is 1. The van der Waals surface area contributed by atoms with Crippen LogP contribution in [0.2, 0.25) is 0 Å². The summed E-state index contributed by atoms with van der Waals surface area (Å²) in [6.45, 7) is 2.02. The molecule has 0 amide bonds. The maximum atomic E-state index is 11.2. The van der Waals surface area contributed by atoms with Crippen molar-refractivity contribution in [2.24, 2.45) is 0 Å². The van der Waals surface area contributed by atoms with Crippen molar-refractivity contribution in [2.45, 2.75) is 6.92 Å². The molecule has 118 valence electrons. The Morgan fingerprint density at radius 1 is 1.09 bits per heavy atom. The maximum Gasteiger partial charge on any atom is 0.229 e. The van der Waals surface area contributed by atoms with E-state index in [2.05, 4.69) is 14.7 Å². The molecule has 0 fully saturated rings. The summed E-state index contributed by atoms with van der Waals surface area (Å²) in [5, 5.41) is 0.872. The van der Waals surface area contributed by atoms with E-state index in [1.165, 1.54) is 0 Å². The zero-order valence-corrected chi connectivity index (χ0v) is 14.3. The Bertz CT molecular complexity index is 918. The second kappa shape index (κ2) is 6.10. The predicted molar refractivity (Wildman–Crippen MR) is 94.0 cm³/mol. The number of thiazole rings is 1. The molecule has 5 nitrogen and oxygen atoms in total. The molecular weight excluding hydrogens is 330 g/mol. The Morgan fingerprint density at radius 3 is 2.43 bits per heavy atom. The van der Waals surface area contributed by atoms with Crippen LogP contribution in [-0.4, -0.2) is 24.6 Å². The number of sulfonamides is 1. The summed E-state index contributed by atoms with van der Waals surface area (Å²) in [5.41, 5.74) is 3.22. The molecule has 0 aliphatic carbocycles. The third kappa shape index (κ3) is 3.75. The fourth-order valence-electron chi connectivity index (χ4n) is 2.17. The Kier molecular flexibility index (Phi) is 4.14. The molecule has 7 heteroatoms. The van der Waals surface area contributed by atoms with Gasteiger partial charge in [0.25, 0.3) is 0 Å². The fourth-order valence-corrected chi connectivity index (χ4v) is 3.65. The quantitative estimate of drug-likeness (QED) is 0.785. The third-order valence-corrected chi connectivity index (χ3v) is 4.74. The molecule has 0 saturated carbocycles. The first kappa shape index (κ1) is 15.6. The molecule has 0 aliphatic heterocycles. The van der Waals surface area contributed by atoms with Crippen molar-refractivity contribution < 1.29 is 8.42 Å². The van der Waals surface area contributed by atoms with Gasteiger partial charge in [-0.05, 0) is 31.2 Å². The number of hydrogen-bond donors (Lipinski definition) is 1. The Labute approximate surface area is 139 Å². The normalized spacial score (nSPS) is 11.4. The second-order valence-corrected chi connectivity index (χ2v) is 8.04. The average Bonchev–Trinajstić information content (AvgIpc) is 2.89. The Balaban J connectivity index is 1.92. The molecule has 0 saturated heterocycles. The van der Waals surface area contributed by atoms with Gasteiger partial charge in [0.1, 0.15) is 5.01 Å². The van der Waals surface area contributed by atoms with Gasteiger partial charge in [0, 0.05) is 22.3 Å². The molecule has 2 heterocycles. The smallest absolute Gasteiger partial charge is 0.229 e. The van der Waals surface area contributed by atoms with Gasteiger partial charge in [-0.15, -0.1) is 11.3 Å². The van der Waals surface area contributed by atoms with Crippen molar-refractivity contribution in [2.75, 3.05) is 11.0 Å². The molecule has 1 aromatic carbocycles. The van der Waals surface area contributed by atoms with E-state index in [4.69, 9.17) is 0 Å². The summed E-state index contributed by atoms with van der Waals surface area (Å²) < 4.78 is 24.9. The van der Waals surface area contributed by atoms with Gasteiger partial charge >= 0.3 is 0 Å². The molecular formula is C16H15N3O2S2. The summed E-state index contributed by atoms with van der Waals surface area (Å²) in [5.74, 6) is 0. The highest BCUT2D eigenvalue weighted by Crippen LogP contribution is 2.32. The van der Waals surface area contributed by atoms with Crippen LogP contribution in [0.1, 0.15) is 4.88 Å². The van der Waals surface area contributed by atoms with Crippen molar-refractivity contribution in [3.8, 4) is 22.0 Å². The van der Waals surface area contributed by atoms with E-state index >= 15 is 0 Å². The monoisotopic (exact) mass is 345 g/mol. The van der Waals surface area contributed by atoms with Gasteiger partial charge in [-0.25, -0.2) is 13.4 Å². The zero-order valence-electron chi connectivity index (χ0n) is 12.6. The molecule has 0 aliphatic rings. The van der Waals surface area contributed by atoms with Gasteiger partial charge in [0.2, 0.25) is 10.0 Å². The number of rotatable bonds is 4. The molecule has 23 heavy (non-hydrogen) atoms. The van der Waals surface area contributed by atoms with Crippen LogP contribution < -0.4 is 4.72 Å². The predicted octanol–water partition coefficient (Wildman–Crippen LogP) is 3.55. The summed E-state index contributed by atoms with van der Waals surface area (Å²) in [7, 11) is -3.27. The van der Waals surface area contributed by atoms with E-state index in [-0.39, 0.29) is 0 Å². The number of anilines is 1. The van der Waals surface area contributed by atoms with Crippen LogP contribution in [-0.2, 0) is 10.0 Å². The van der Waals surface area contributed by atoms with Crippen molar-refractivity contribution in [1.82, 2.24) is 9.97 Å². The first-order valence-electron chi connectivity index (χ1n) is 6.89. The van der Waals surface area contributed by atoms with Crippen LogP contribution in [0.15, 0.2) is 48.7 Å².